The Labute approximate surface area is 139 Å². The summed E-state index contributed by atoms with van der Waals surface area (Å²) in [6.45, 7) is 1.39. The summed E-state index contributed by atoms with van der Waals surface area (Å²) in [6, 6.07) is 10.5. The summed E-state index contributed by atoms with van der Waals surface area (Å²) in [4.78, 5) is 11.0. The third kappa shape index (κ3) is 4.37. The number of amides is 1. The number of hydrogen-bond acceptors (Lipinski definition) is 4. The van der Waals surface area contributed by atoms with Crippen LogP contribution in [0, 0.1) is 0 Å². The van der Waals surface area contributed by atoms with Crippen LogP contribution in [0.1, 0.15) is 6.92 Å². The molecule has 1 amide bonds. The van der Waals surface area contributed by atoms with Crippen molar-refractivity contribution >= 4 is 38.9 Å². The Morgan fingerprint density at radius 2 is 1.70 bits per heavy atom. The highest BCUT2D eigenvalue weighted by Gasteiger charge is 2.16. The molecule has 0 aromatic heterocycles. The summed E-state index contributed by atoms with van der Waals surface area (Å²) < 4.78 is 32.1. The summed E-state index contributed by atoms with van der Waals surface area (Å²) in [5, 5.41) is 2.80. The van der Waals surface area contributed by atoms with Crippen molar-refractivity contribution in [3.8, 4) is 5.75 Å². The molecule has 0 aliphatic carbocycles. The highest BCUT2D eigenvalue weighted by Crippen LogP contribution is 2.28. The molecule has 0 heterocycles. The van der Waals surface area contributed by atoms with Crippen LogP contribution >= 0.6 is 11.6 Å². The average Bonchev–Trinajstić information content (AvgIpc) is 2.48. The van der Waals surface area contributed by atoms with Gasteiger partial charge in [-0.15, -0.1) is 0 Å². The van der Waals surface area contributed by atoms with Crippen molar-refractivity contribution in [3.63, 3.8) is 0 Å². The first-order valence-electron chi connectivity index (χ1n) is 6.56. The predicted molar refractivity (Wildman–Crippen MR) is 89.6 cm³/mol. The number of ether oxygens (including phenoxy) is 1. The third-order valence-electron chi connectivity index (χ3n) is 2.89. The summed E-state index contributed by atoms with van der Waals surface area (Å²) in [6.07, 6.45) is 0. The smallest absolute Gasteiger partial charge is 0.261 e. The monoisotopic (exact) mass is 354 g/mol. The van der Waals surface area contributed by atoms with E-state index >= 15 is 0 Å². The van der Waals surface area contributed by atoms with Gasteiger partial charge in [0.05, 0.1) is 17.0 Å². The van der Waals surface area contributed by atoms with Crippen LogP contribution in [0.3, 0.4) is 0 Å². The van der Waals surface area contributed by atoms with Crippen LogP contribution in [-0.2, 0) is 14.8 Å². The molecule has 0 fully saturated rings. The molecule has 0 saturated heterocycles. The van der Waals surface area contributed by atoms with Gasteiger partial charge in [0.25, 0.3) is 10.0 Å². The summed E-state index contributed by atoms with van der Waals surface area (Å²) >= 11 is 5.95. The van der Waals surface area contributed by atoms with Crippen molar-refractivity contribution < 1.29 is 17.9 Å². The van der Waals surface area contributed by atoms with E-state index in [2.05, 4.69) is 10.0 Å². The molecule has 2 aromatic carbocycles. The first-order valence-corrected chi connectivity index (χ1v) is 8.42. The van der Waals surface area contributed by atoms with Crippen LogP contribution in [0.25, 0.3) is 0 Å². The lowest BCUT2D eigenvalue weighted by Crippen LogP contribution is -2.13. The topological polar surface area (TPSA) is 84.5 Å². The van der Waals surface area contributed by atoms with Gasteiger partial charge in [-0.05, 0) is 42.5 Å². The summed E-state index contributed by atoms with van der Waals surface area (Å²) in [5.74, 6) is 0.191. The largest absolute Gasteiger partial charge is 0.495 e. The minimum Gasteiger partial charge on any atom is -0.495 e. The lowest BCUT2D eigenvalue weighted by atomic mass is 10.3. The van der Waals surface area contributed by atoms with Gasteiger partial charge in [-0.1, -0.05) is 11.6 Å². The van der Waals surface area contributed by atoms with E-state index in [1.807, 2.05) is 0 Å². The fourth-order valence-corrected chi connectivity index (χ4v) is 3.26. The van der Waals surface area contributed by atoms with E-state index in [-0.39, 0.29) is 15.8 Å². The Hall–Kier alpha value is -2.25. The second kappa shape index (κ2) is 6.89. The van der Waals surface area contributed by atoms with Crippen LogP contribution in [0.4, 0.5) is 11.4 Å². The van der Waals surface area contributed by atoms with Gasteiger partial charge in [-0.2, -0.15) is 0 Å². The summed E-state index contributed by atoms with van der Waals surface area (Å²) in [5.41, 5.74) is 0.944. The Morgan fingerprint density at radius 3 is 2.22 bits per heavy atom. The van der Waals surface area contributed by atoms with Crippen LogP contribution in [0.2, 0.25) is 5.02 Å². The maximum absolute atomic E-state index is 12.3. The maximum atomic E-state index is 12.3. The fourth-order valence-electron chi connectivity index (χ4n) is 1.85. The second-order valence-electron chi connectivity index (χ2n) is 4.66. The van der Waals surface area contributed by atoms with E-state index < -0.39 is 10.0 Å². The molecule has 23 heavy (non-hydrogen) atoms. The molecule has 0 aliphatic rings. The second-order valence-corrected chi connectivity index (χ2v) is 6.75. The van der Waals surface area contributed by atoms with E-state index in [0.717, 1.165) is 0 Å². The van der Waals surface area contributed by atoms with Crippen molar-refractivity contribution in [2.45, 2.75) is 11.8 Å². The van der Waals surface area contributed by atoms with E-state index in [9.17, 15) is 13.2 Å². The number of rotatable bonds is 5. The van der Waals surface area contributed by atoms with Gasteiger partial charge in [0.15, 0.2) is 0 Å². The number of benzene rings is 2. The Morgan fingerprint density at radius 1 is 1.09 bits per heavy atom. The van der Waals surface area contributed by atoms with Crippen LogP contribution in [-0.4, -0.2) is 21.4 Å². The molecule has 0 aliphatic heterocycles. The molecule has 0 unspecified atom stereocenters. The fraction of sp³-hybridized carbons (Fsp3) is 0.133. The van der Waals surface area contributed by atoms with Crippen molar-refractivity contribution in [2.24, 2.45) is 0 Å². The quantitative estimate of drug-likeness (QED) is 0.864. The molecule has 0 radical (unpaired) electrons. The zero-order valence-corrected chi connectivity index (χ0v) is 14.0. The first kappa shape index (κ1) is 17.1. The van der Waals surface area contributed by atoms with Crippen molar-refractivity contribution in [1.29, 1.82) is 0 Å². The number of methoxy groups -OCH3 is 1. The highest BCUT2D eigenvalue weighted by molar-refractivity contribution is 7.92. The summed E-state index contributed by atoms with van der Waals surface area (Å²) in [7, 11) is -2.33. The standard InChI is InChI=1S/C15H15ClN2O4S/c1-10(19)17-11-3-5-12(6-4-11)18-23(20,21)13-7-8-15(22-2)14(16)9-13/h3-9,18H,1-2H3,(H,17,19). The van der Waals surface area contributed by atoms with Crippen LogP contribution in [0.15, 0.2) is 47.4 Å². The highest BCUT2D eigenvalue weighted by atomic mass is 35.5. The lowest BCUT2D eigenvalue weighted by molar-refractivity contribution is -0.114. The molecule has 0 bridgehead atoms. The molecule has 0 spiro atoms. The first-order chi connectivity index (χ1) is 10.8. The van der Waals surface area contributed by atoms with E-state index in [0.29, 0.717) is 17.1 Å². The van der Waals surface area contributed by atoms with Gasteiger partial charge < -0.3 is 10.1 Å². The Bertz CT molecular complexity index is 820. The normalized spacial score (nSPS) is 10.9. The molecule has 0 atom stereocenters. The molecule has 2 N–H and O–H groups in total. The average molecular weight is 355 g/mol. The predicted octanol–water partition coefficient (Wildman–Crippen LogP) is 3.11. The van der Waals surface area contributed by atoms with Crippen LogP contribution in [0.5, 0.6) is 5.75 Å². The van der Waals surface area contributed by atoms with Gasteiger partial charge in [0, 0.05) is 18.3 Å². The molecule has 0 saturated carbocycles. The molecule has 2 rings (SSSR count). The van der Waals surface area contributed by atoms with Gasteiger partial charge in [0.1, 0.15) is 5.75 Å². The molecule has 6 nitrogen and oxygen atoms in total. The maximum Gasteiger partial charge on any atom is 0.261 e. The zero-order valence-electron chi connectivity index (χ0n) is 12.5. The van der Waals surface area contributed by atoms with E-state index in [1.165, 1.54) is 32.2 Å². The Kier molecular flexibility index (Phi) is 5.12. The number of halogens is 1. The van der Waals surface area contributed by atoms with Gasteiger partial charge in [0.2, 0.25) is 5.91 Å². The van der Waals surface area contributed by atoms with Crippen LogP contribution < -0.4 is 14.8 Å². The zero-order chi connectivity index (χ0) is 17.0. The number of nitrogens with one attached hydrogen (secondary N) is 2. The molecule has 2 aromatic rings. The molecule has 122 valence electrons. The number of hydrogen-bond donors (Lipinski definition) is 2. The molecular weight excluding hydrogens is 340 g/mol. The Balaban J connectivity index is 2.20. The van der Waals surface area contributed by atoms with Crippen molar-refractivity contribution in [2.75, 3.05) is 17.1 Å². The van der Waals surface area contributed by atoms with E-state index in [1.54, 1.807) is 24.3 Å². The number of carbonyl (C=O) groups excluding carboxylic acids is 1. The SMILES string of the molecule is COc1ccc(S(=O)(=O)Nc2ccc(NC(C)=O)cc2)cc1Cl. The van der Waals surface area contributed by atoms with E-state index in [4.69, 9.17) is 16.3 Å². The van der Waals surface area contributed by atoms with Crippen molar-refractivity contribution in [3.05, 3.63) is 47.5 Å². The van der Waals surface area contributed by atoms with Gasteiger partial charge >= 0.3 is 0 Å². The van der Waals surface area contributed by atoms with Crippen molar-refractivity contribution in [1.82, 2.24) is 0 Å². The molecule has 8 heteroatoms. The minimum atomic E-state index is -3.77. The van der Waals surface area contributed by atoms with Gasteiger partial charge in [-0.3, -0.25) is 9.52 Å². The minimum absolute atomic E-state index is 0.0224. The molecular formula is C15H15ClN2O4S. The lowest BCUT2D eigenvalue weighted by Gasteiger charge is -2.10. The number of carbonyl (C=O) groups is 1. The third-order valence-corrected chi connectivity index (χ3v) is 4.57. The number of anilines is 2. The van der Waals surface area contributed by atoms with Gasteiger partial charge in [-0.25, -0.2) is 8.42 Å². The number of sulfonamides is 1.